The molecule has 0 aliphatic heterocycles. The highest BCUT2D eigenvalue weighted by atomic mass is 32.2. The average molecular weight is 333 g/mol. The van der Waals surface area contributed by atoms with E-state index in [1.165, 1.54) is 16.7 Å². The van der Waals surface area contributed by atoms with E-state index in [1.54, 1.807) is 30.6 Å². The second kappa shape index (κ2) is 5.98. The van der Waals surface area contributed by atoms with E-state index in [1.807, 2.05) is 6.92 Å². The highest BCUT2D eigenvalue weighted by molar-refractivity contribution is 7.89. The molecule has 23 heavy (non-hydrogen) atoms. The molecule has 0 aliphatic carbocycles. The number of hydrogen-bond donors (Lipinski definition) is 1. The van der Waals surface area contributed by atoms with Gasteiger partial charge in [-0.25, -0.2) is 17.9 Å². The van der Waals surface area contributed by atoms with Crippen molar-refractivity contribution >= 4 is 21.1 Å². The first kappa shape index (κ1) is 15.4. The van der Waals surface area contributed by atoms with Crippen molar-refractivity contribution in [1.29, 1.82) is 0 Å². The lowest BCUT2D eigenvalue weighted by atomic mass is 10.3. The van der Waals surface area contributed by atoms with Crippen LogP contribution in [0, 0.1) is 0 Å². The summed E-state index contributed by atoms with van der Waals surface area (Å²) in [5.41, 5.74) is 1.63. The lowest BCUT2D eigenvalue weighted by Crippen LogP contribution is -2.23. The third kappa shape index (κ3) is 3.03. The van der Waals surface area contributed by atoms with Crippen molar-refractivity contribution in [3.63, 3.8) is 0 Å². The summed E-state index contributed by atoms with van der Waals surface area (Å²) in [7, 11) is -3.70. The standard InChI is InChI=1S/C15H15N3O4S/c1-2-18-13-4-3-12(9-14(13)22-15(18)19)23(20,21)17-10-11-5-7-16-8-6-11/h3-9,17H,2,10H2,1H3. The van der Waals surface area contributed by atoms with Gasteiger partial charge in [0.05, 0.1) is 10.4 Å². The Morgan fingerprint density at radius 3 is 2.65 bits per heavy atom. The van der Waals surface area contributed by atoms with E-state index in [-0.39, 0.29) is 17.0 Å². The van der Waals surface area contributed by atoms with Crippen LogP contribution in [0.2, 0.25) is 0 Å². The van der Waals surface area contributed by atoms with Crippen LogP contribution in [0.15, 0.2) is 56.8 Å². The maximum atomic E-state index is 12.4. The van der Waals surface area contributed by atoms with Crippen LogP contribution in [0.1, 0.15) is 12.5 Å². The molecule has 7 nitrogen and oxygen atoms in total. The van der Waals surface area contributed by atoms with Crippen LogP contribution in [0.5, 0.6) is 0 Å². The molecule has 2 heterocycles. The van der Waals surface area contributed by atoms with Gasteiger partial charge in [0, 0.05) is 31.5 Å². The number of pyridine rings is 1. The zero-order valence-corrected chi connectivity index (χ0v) is 13.2. The molecule has 1 aromatic carbocycles. The van der Waals surface area contributed by atoms with Crippen molar-refractivity contribution in [2.24, 2.45) is 0 Å². The predicted octanol–water partition coefficient (Wildman–Crippen LogP) is 1.49. The third-order valence-electron chi connectivity index (χ3n) is 3.48. The zero-order chi connectivity index (χ0) is 16.4. The van der Waals surface area contributed by atoms with Gasteiger partial charge in [0.2, 0.25) is 10.0 Å². The Morgan fingerprint density at radius 2 is 1.96 bits per heavy atom. The lowest BCUT2D eigenvalue weighted by molar-refractivity contribution is 0.512. The molecule has 0 unspecified atom stereocenters. The van der Waals surface area contributed by atoms with Crippen LogP contribution < -0.4 is 10.5 Å². The van der Waals surface area contributed by atoms with E-state index in [0.29, 0.717) is 12.1 Å². The largest absolute Gasteiger partial charge is 0.419 e. The first-order valence-electron chi connectivity index (χ1n) is 7.03. The second-order valence-corrected chi connectivity index (χ2v) is 6.69. The molecular weight excluding hydrogens is 318 g/mol. The minimum absolute atomic E-state index is 0.0519. The lowest BCUT2D eigenvalue weighted by Gasteiger charge is -2.07. The Bertz CT molecular complexity index is 990. The van der Waals surface area contributed by atoms with Crippen LogP contribution >= 0.6 is 0 Å². The van der Waals surface area contributed by atoms with Gasteiger partial charge in [-0.3, -0.25) is 9.55 Å². The number of aryl methyl sites for hydroxylation is 1. The number of benzene rings is 1. The number of fused-ring (bicyclic) bond motifs is 1. The fourth-order valence-electron chi connectivity index (χ4n) is 2.28. The maximum Gasteiger partial charge on any atom is 0.419 e. The molecule has 0 spiro atoms. The molecule has 0 saturated carbocycles. The number of aromatic nitrogens is 2. The molecule has 0 radical (unpaired) electrons. The summed E-state index contributed by atoms with van der Waals surface area (Å²) in [6, 6.07) is 7.85. The molecule has 1 N–H and O–H groups in total. The number of hydrogen-bond acceptors (Lipinski definition) is 5. The Balaban J connectivity index is 1.91. The van der Waals surface area contributed by atoms with Gasteiger partial charge in [0.1, 0.15) is 0 Å². The molecule has 120 valence electrons. The number of sulfonamides is 1. The Kier molecular flexibility index (Phi) is 4.01. The number of nitrogens with zero attached hydrogens (tertiary/aromatic N) is 2. The van der Waals surface area contributed by atoms with Crippen molar-refractivity contribution in [2.75, 3.05) is 0 Å². The normalized spacial score (nSPS) is 11.9. The molecule has 0 saturated heterocycles. The maximum absolute atomic E-state index is 12.4. The Labute approximate surface area is 132 Å². The van der Waals surface area contributed by atoms with Crippen LogP contribution in [-0.4, -0.2) is 18.0 Å². The van der Waals surface area contributed by atoms with Gasteiger partial charge in [-0.1, -0.05) is 0 Å². The minimum Gasteiger partial charge on any atom is -0.408 e. The van der Waals surface area contributed by atoms with Crippen LogP contribution in [-0.2, 0) is 23.1 Å². The molecule has 0 fully saturated rings. The summed E-state index contributed by atoms with van der Waals surface area (Å²) < 4.78 is 33.8. The molecule has 0 atom stereocenters. The molecule has 3 rings (SSSR count). The zero-order valence-electron chi connectivity index (χ0n) is 12.4. The van der Waals surface area contributed by atoms with E-state index in [4.69, 9.17) is 4.42 Å². The van der Waals surface area contributed by atoms with Crippen molar-refractivity contribution in [1.82, 2.24) is 14.3 Å². The molecule has 2 aromatic heterocycles. The SMILES string of the molecule is CCn1c(=O)oc2cc(S(=O)(=O)NCc3ccncc3)ccc21. The van der Waals surface area contributed by atoms with Gasteiger partial charge >= 0.3 is 5.76 Å². The molecule has 8 heteroatoms. The number of oxazole rings is 1. The highest BCUT2D eigenvalue weighted by Crippen LogP contribution is 2.18. The smallest absolute Gasteiger partial charge is 0.408 e. The third-order valence-corrected chi connectivity index (χ3v) is 4.88. The molecular formula is C15H15N3O4S. The van der Waals surface area contributed by atoms with Gasteiger partial charge < -0.3 is 4.42 Å². The van der Waals surface area contributed by atoms with Crippen molar-refractivity contribution in [3.8, 4) is 0 Å². The van der Waals surface area contributed by atoms with Crippen LogP contribution in [0.3, 0.4) is 0 Å². The van der Waals surface area contributed by atoms with Gasteiger partial charge in [0.15, 0.2) is 5.58 Å². The summed E-state index contributed by atoms with van der Waals surface area (Å²) in [6.07, 6.45) is 3.19. The van der Waals surface area contributed by atoms with Crippen molar-refractivity contribution in [2.45, 2.75) is 24.9 Å². The van der Waals surface area contributed by atoms with E-state index in [9.17, 15) is 13.2 Å². The first-order valence-corrected chi connectivity index (χ1v) is 8.51. The molecule has 0 bridgehead atoms. The van der Waals surface area contributed by atoms with E-state index >= 15 is 0 Å². The van der Waals surface area contributed by atoms with Gasteiger partial charge in [-0.2, -0.15) is 0 Å². The summed E-state index contributed by atoms with van der Waals surface area (Å²) in [5.74, 6) is -0.498. The highest BCUT2D eigenvalue weighted by Gasteiger charge is 2.17. The van der Waals surface area contributed by atoms with Gasteiger partial charge in [-0.05, 0) is 36.8 Å². The van der Waals surface area contributed by atoms with E-state index in [0.717, 1.165) is 5.56 Å². The molecule has 3 aromatic rings. The summed E-state index contributed by atoms with van der Waals surface area (Å²) in [6.45, 7) is 2.43. The Hall–Kier alpha value is -2.45. The Morgan fingerprint density at radius 1 is 1.22 bits per heavy atom. The number of nitrogens with one attached hydrogen (secondary N) is 1. The monoisotopic (exact) mass is 333 g/mol. The van der Waals surface area contributed by atoms with Crippen molar-refractivity contribution in [3.05, 3.63) is 58.8 Å². The predicted molar refractivity (Wildman–Crippen MR) is 84.4 cm³/mol. The average Bonchev–Trinajstić information content (AvgIpc) is 2.88. The van der Waals surface area contributed by atoms with Gasteiger partial charge in [0.25, 0.3) is 0 Å². The van der Waals surface area contributed by atoms with E-state index < -0.39 is 15.8 Å². The van der Waals surface area contributed by atoms with Gasteiger partial charge in [-0.15, -0.1) is 0 Å². The van der Waals surface area contributed by atoms with Crippen molar-refractivity contribution < 1.29 is 12.8 Å². The summed E-state index contributed by atoms with van der Waals surface area (Å²) >= 11 is 0. The molecule has 0 aliphatic rings. The quantitative estimate of drug-likeness (QED) is 0.763. The number of rotatable bonds is 5. The topological polar surface area (TPSA) is 94.2 Å². The summed E-state index contributed by atoms with van der Waals surface area (Å²) in [4.78, 5) is 15.6. The van der Waals surface area contributed by atoms with Crippen LogP contribution in [0.25, 0.3) is 11.1 Å². The summed E-state index contributed by atoms with van der Waals surface area (Å²) in [5, 5.41) is 0. The minimum atomic E-state index is -3.70. The fraction of sp³-hybridized carbons (Fsp3) is 0.200. The molecule has 0 amide bonds. The second-order valence-electron chi connectivity index (χ2n) is 4.92. The van der Waals surface area contributed by atoms with E-state index in [2.05, 4.69) is 9.71 Å². The fourth-order valence-corrected chi connectivity index (χ4v) is 3.31. The first-order chi connectivity index (χ1) is 11.0. The van der Waals surface area contributed by atoms with Crippen LogP contribution in [0.4, 0.5) is 0 Å².